The van der Waals surface area contributed by atoms with Gasteiger partial charge in [-0.2, -0.15) is 0 Å². The largest absolute Gasteiger partial charge is 0.391 e. The minimum absolute atomic E-state index is 0.00177. The first-order valence-corrected chi connectivity index (χ1v) is 25.9. The molecular weight excluding hydrogens is 957 g/mol. The maximum atomic E-state index is 14.0. The van der Waals surface area contributed by atoms with E-state index in [1.807, 2.05) is 69.6 Å². The first kappa shape index (κ1) is 54.8. The maximum absolute atomic E-state index is 14.0. The number of benzene rings is 2. The summed E-state index contributed by atoms with van der Waals surface area (Å²) in [5.41, 5.74) is 6.79. The van der Waals surface area contributed by atoms with E-state index in [1.54, 1.807) is 22.3 Å². The number of aryl methyl sites for hydroxylation is 1. The number of likely N-dealkylation sites (tertiary alicyclic amines) is 2. The highest BCUT2D eigenvalue weighted by atomic mass is 32.1. The molecule has 2 fully saturated rings. The number of amides is 5. The van der Waals surface area contributed by atoms with Gasteiger partial charge in [0.25, 0.3) is 5.91 Å². The van der Waals surface area contributed by atoms with E-state index in [1.165, 1.54) is 22.4 Å². The van der Waals surface area contributed by atoms with Crippen molar-refractivity contribution in [1.82, 2.24) is 45.6 Å². The van der Waals surface area contributed by atoms with Crippen LogP contribution in [0, 0.1) is 12.3 Å². The summed E-state index contributed by atoms with van der Waals surface area (Å²) in [5.74, 6) is -1.17. The minimum atomic E-state index is -0.948. The van der Waals surface area contributed by atoms with Crippen LogP contribution in [0.5, 0.6) is 0 Å². The fourth-order valence-corrected chi connectivity index (χ4v) is 9.77. The zero-order valence-corrected chi connectivity index (χ0v) is 43.0. The fraction of sp³-hybridized carbons (Fsp3) is 0.538. The second-order valence-electron chi connectivity index (χ2n) is 19.8. The molecule has 5 heterocycles. The number of anilines is 1. The van der Waals surface area contributed by atoms with Crippen molar-refractivity contribution in [3.05, 3.63) is 94.5 Å². The number of ether oxygens (including phenoxy) is 3. The molecule has 0 saturated carbocycles. The monoisotopic (exact) mass is 1030 g/mol. The van der Waals surface area contributed by atoms with Gasteiger partial charge in [0.1, 0.15) is 29.9 Å². The standard InChI is InChI=1S/C52H70N10O10S/c1-34-47(73-33-57-34)37-11-9-35(10-12-37)25-53-50(68)43-23-40(63)31-62(43)51(69)48(52(2,3)4)59-45(65)14-17-70-19-21-72-22-20-71-18-15-46(66)61-28-39(29-61)58-44-24-42(55-32-56-44)49(67)54-26-41(64)30-60-16-13-36-7-5-6-8-38(36)27-60/h5-12,24,32-33,39-41,43,48,63-64H,13-23,25-31H2,1-4H3,(H,53,68)(H,54,67)(H,59,65)(H,55,56,58). The van der Waals surface area contributed by atoms with Crippen molar-refractivity contribution < 1.29 is 48.4 Å². The number of aliphatic hydroxyl groups is 2. The predicted molar refractivity (Wildman–Crippen MR) is 273 cm³/mol. The molecule has 0 bridgehead atoms. The summed E-state index contributed by atoms with van der Waals surface area (Å²) >= 11 is 1.57. The SMILES string of the molecule is Cc1ncsc1-c1ccc(CNC(=O)C2CC(O)CN2C(=O)C(NC(=O)CCOCCOCCOCCC(=O)N2CC(Nc3cc(C(=O)NCC(O)CN4CCc5ccccc5C4)ncn3)C2)C(C)(C)C)cc1. The highest BCUT2D eigenvalue weighted by Gasteiger charge is 2.44. The summed E-state index contributed by atoms with van der Waals surface area (Å²) in [6, 6.07) is 15.8. The Kier molecular flexibility index (Phi) is 19.8. The van der Waals surface area contributed by atoms with Crippen molar-refractivity contribution in [3.63, 3.8) is 0 Å². The summed E-state index contributed by atoms with van der Waals surface area (Å²) < 4.78 is 16.8. The Balaban J connectivity index is 0.702. The van der Waals surface area contributed by atoms with E-state index in [4.69, 9.17) is 14.2 Å². The third kappa shape index (κ3) is 16.0. The van der Waals surface area contributed by atoms with Crippen LogP contribution in [0.2, 0.25) is 0 Å². The van der Waals surface area contributed by atoms with Crippen LogP contribution >= 0.6 is 11.3 Å². The van der Waals surface area contributed by atoms with Gasteiger partial charge in [-0.25, -0.2) is 15.0 Å². The minimum Gasteiger partial charge on any atom is -0.391 e. The first-order valence-electron chi connectivity index (χ1n) is 25.0. The molecule has 4 aromatic rings. The number of thiazole rings is 1. The lowest BCUT2D eigenvalue weighted by Gasteiger charge is -2.39. The molecule has 4 unspecified atom stereocenters. The Morgan fingerprint density at radius 1 is 0.863 bits per heavy atom. The van der Waals surface area contributed by atoms with E-state index in [2.05, 4.69) is 53.3 Å². The number of nitrogens with one attached hydrogen (secondary N) is 4. The van der Waals surface area contributed by atoms with Crippen LogP contribution in [0.3, 0.4) is 0 Å². The van der Waals surface area contributed by atoms with E-state index in [0.29, 0.717) is 32.1 Å². The molecule has 0 spiro atoms. The molecule has 73 heavy (non-hydrogen) atoms. The quantitative estimate of drug-likeness (QED) is 0.0522. The van der Waals surface area contributed by atoms with E-state index >= 15 is 0 Å². The van der Waals surface area contributed by atoms with Crippen LogP contribution in [-0.2, 0) is 52.9 Å². The molecule has 7 rings (SSSR count). The molecule has 20 nitrogen and oxygen atoms in total. The smallest absolute Gasteiger partial charge is 0.270 e. The van der Waals surface area contributed by atoms with Crippen LogP contribution in [-0.4, -0.2) is 179 Å². The predicted octanol–water partition coefficient (Wildman–Crippen LogP) is 2.32. The van der Waals surface area contributed by atoms with Crippen LogP contribution < -0.4 is 21.3 Å². The number of rotatable bonds is 25. The van der Waals surface area contributed by atoms with Crippen molar-refractivity contribution in [2.24, 2.45) is 5.41 Å². The highest BCUT2D eigenvalue weighted by molar-refractivity contribution is 7.13. The molecular formula is C52H70N10O10S. The summed E-state index contributed by atoms with van der Waals surface area (Å²) in [7, 11) is 0. The third-order valence-electron chi connectivity index (χ3n) is 13.1. The Morgan fingerprint density at radius 2 is 1.56 bits per heavy atom. The third-order valence-corrected chi connectivity index (χ3v) is 14.0. The summed E-state index contributed by atoms with van der Waals surface area (Å²) in [6.45, 7) is 12.2. The summed E-state index contributed by atoms with van der Waals surface area (Å²) in [4.78, 5) is 85.0. The second kappa shape index (κ2) is 26.3. The van der Waals surface area contributed by atoms with Gasteiger partial charge in [-0.3, -0.25) is 28.9 Å². The lowest BCUT2D eigenvalue weighted by molar-refractivity contribution is -0.144. The Hall–Kier alpha value is -5.94. The van der Waals surface area contributed by atoms with E-state index in [-0.39, 0.29) is 101 Å². The molecule has 4 atom stereocenters. The van der Waals surface area contributed by atoms with Gasteiger partial charge in [0.05, 0.1) is 80.4 Å². The molecule has 5 amide bonds. The average Bonchev–Trinajstić information content (AvgIpc) is 3.98. The molecule has 2 aromatic carbocycles. The number of aliphatic hydroxyl groups excluding tert-OH is 2. The molecule has 3 aliphatic rings. The number of carbonyl (C=O) groups excluding carboxylic acids is 5. The molecule has 2 saturated heterocycles. The van der Waals surface area contributed by atoms with Gasteiger partial charge in [-0.05, 0) is 41.0 Å². The van der Waals surface area contributed by atoms with Gasteiger partial charge in [0, 0.05) is 71.3 Å². The van der Waals surface area contributed by atoms with Crippen molar-refractivity contribution in [2.75, 3.05) is 84.2 Å². The van der Waals surface area contributed by atoms with Crippen LogP contribution in [0.1, 0.15) is 72.9 Å². The van der Waals surface area contributed by atoms with Crippen LogP contribution in [0.15, 0.2) is 66.4 Å². The average molecular weight is 1030 g/mol. The molecule has 2 aromatic heterocycles. The normalized spacial score (nSPS) is 17.8. The second-order valence-corrected chi connectivity index (χ2v) is 20.7. The Bertz CT molecular complexity index is 2480. The number of carbonyl (C=O) groups is 5. The van der Waals surface area contributed by atoms with Gasteiger partial charge in [-0.1, -0.05) is 69.3 Å². The maximum Gasteiger partial charge on any atom is 0.270 e. The molecule has 3 aliphatic heterocycles. The van der Waals surface area contributed by atoms with Crippen molar-refractivity contribution in [3.8, 4) is 10.4 Å². The number of hydrogen-bond donors (Lipinski definition) is 6. The lowest BCUT2D eigenvalue weighted by atomic mass is 9.85. The van der Waals surface area contributed by atoms with Gasteiger partial charge in [0.15, 0.2) is 0 Å². The molecule has 394 valence electrons. The Morgan fingerprint density at radius 3 is 2.26 bits per heavy atom. The number of fused-ring (bicyclic) bond motifs is 1. The Labute approximate surface area is 430 Å². The molecule has 0 aliphatic carbocycles. The zero-order chi connectivity index (χ0) is 51.9. The lowest BCUT2D eigenvalue weighted by Crippen LogP contribution is -2.57. The van der Waals surface area contributed by atoms with Gasteiger partial charge >= 0.3 is 0 Å². The van der Waals surface area contributed by atoms with Gasteiger partial charge in [-0.15, -0.1) is 11.3 Å². The fourth-order valence-electron chi connectivity index (χ4n) is 8.95. The number of β-amino-alcohol motifs (C(OH)–C–C–N with tert-alkyl or cyclic N) is 2. The topological polar surface area (TPSA) is 250 Å². The van der Waals surface area contributed by atoms with E-state index in [9.17, 15) is 34.2 Å². The summed E-state index contributed by atoms with van der Waals surface area (Å²) in [5, 5.41) is 33.0. The molecule has 6 N–H and O–H groups in total. The number of nitrogens with zero attached hydrogens (tertiary/aromatic N) is 6. The first-order chi connectivity index (χ1) is 35.1. The number of hydrogen-bond acceptors (Lipinski definition) is 16. The number of aromatic nitrogens is 3. The van der Waals surface area contributed by atoms with Gasteiger partial charge < -0.3 is 55.5 Å². The van der Waals surface area contributed by atoms with E-state index < -0.39 is 41.5 Å². The van der Waals surface area contributed by atoms with Crippen molar-refractivity contribution in [1.29, 1.82) is 0 Å². The van der Waals surface area contributed by atoms with Gasteiger partial charge in [0.2, 0.25) is 23.6 Å². The van der Waals surface area contributed by atoms with Crippen molar-refractivity contribution >= 4 is 46.7 Å². The van der Waals surface area contributed by atoms with Crippen LogP contribution in [0.4, 0.5) is 5.82 Å². The molecule has 0 radical (unpaired) electrons. The summed E-state index contributed by atoms with van der Waals surface area (Å²) in [6.07, 6.45) is 0.949. The molecule has 21 heteroatoms. The van der Waals surface area contributed by atoms with Crippen molar-refractivity contribution in [2.45, 2.75) is 96.8 Å². The van der Waals surface area contributed by atoms with E-state index in [0.717, 1.165) is 41.2 Å². The highest BCUT2D eigenvalue weighted by Crippen LogP contribution is 2.29. The van der Waals surface area contributed by atoms with Crippen LogP contribution in [0.25, 0.3) is 10.4 Å². The zero-order valence-electron chi connectivity index (χ0n) is 42.2.